The van der Waals surface area contributed by atoms with Crippen LogP contribution in [0.1, 0.15) is 25.8 Å². The van der Waals surface area contributed by atoms with E-state index in [9.17, 15) is 0 Å². The summed E-state index contributed by atoms with van der Waals surface area (Å²) in [5.74, 6) is 1.48. The molecule has 142 valence electrons. The van der Waals surface area contributed by atoms with Gasteiger partial charge in [0.2, 0.25) is 0 Å². The molecule has 0 radical (unpaired) electrons. The SMILES string of the molecule is CN=C(NCCOCCC(C)C)NCCc1cnn(-c2ccccc2)c1. The predicted molar refractivity (Wildman–Crippen MR) is 107 cm³/mol. The minimum absolute atomic E-state index is 0.684. The van der Waals surface area contributed by atoms with Crippen molar-refractivity contribution in [1.82, 2.24) is 20.4 Å². The third kappa shape index (κ3) is 7.27. The topological polar surface area (TPSA) is 63.5 Å². The normalized spacial score (nSPS) is 11.8. The minimum Gasteiger partial charge on any atom is -0.380 e. The first-order chi connectivity index (χ1) is 12.7. The fourth-order valence-electron chi connectivity index (χ4n) is 2.42. The lowest BCUT2D eigenvalue weighted by Gasteiger charge is -2.12. The van der Waals surface area contributed by atoms with E-state index in [1.54, 1.807) is 7.05 Å². The summed E-state index contributed by atoms with van der Waals surface area (Å²) in [5.41, 5.74) is 2.26. The fourth-order valence-corrected chi connectivity index (χ4v) is 2.42. The molecule has 2 rings (SSSR count). The average Bonchev–Trinajstić information content (AvgIpc) is 3.12. The van der Waals surface area contributed by atoms with Gasteiger partial charge in [0, 0.05) is 32.9 Å². The molecular weight excluding hydrogens is 326 g/mol. The van der Waals surface area contributed by atoms with Gasteiger partial charge in [0.1, 0.15) is 0 Å². The highest BCUT2D eigenvalue weighted by Crippen LogP contribution is 2.07. The van der Waals surface area contributed by atoms with E-state index in [0.717, 1.165) is 44.2 Å². The number of guanidine groups is 1. The van der Waals surface area contributed by atoms with Crippen LogP contribution >= 0.6 is 0 Å². The van der Waals surface area contributed by atoms with Gasteiger partial charge in [-0.1, -0.05) is 32.0 Å². The van der Waals surface area contributed by atoms with E-state index in [2.05, 4.69) is 40.8 Å². The maximum atomic E-state index is 5.60. The molecule has 0 fully saturated rings. The zero-order chi connectivity index (χ0) is 18.6. The van der Waals surface area contributed by atoms with E-state index in [1.807, 2.05) is 41.2 Å². The maximum absolute atomic E-state index is 5.60. The number of hydrogen-bond acceptors (Lipinski definition) is 3. The molecule has 0 saturated heterocycles. The standard InChI is InChI=1S/C20H31N5O/c1-17(2)10-13-26-14-12-23-20(21-3)22-11-9-18-15-24-25(16-18)19-7-5-4-6-8-19/h4-8,15-17H,9-14H2,1-3H3,(H2,21,22,23). The Bertz CT molecular complexity index is 651. The molecule has 2 N–H and O–H groups in total. The molecule has 0 spiro atoms. The van der Waals surface area contributed by atoms with Crippen LogP contribution in [-0.2, 0) is 11.2 Å². The molecule has 0 aliphatic rings. The van der Waals surface area contributed by atoms with Crippen molar-refractivity contribution in [2.75, 3.05) is 33.4 Å². The van der Waals surface area contributed by atoms with Crippen LogP contribution in [0, 0.1) is 5.92 Å². The predicted octanol–water partition coefficient (Wildman–Crippen LogP) is 2.64. The number of ether oxygens (including phenoxy) is 1. The number of hydrogen-bond donors (Lipinski definition) is 2. The first-order valence-corrected chi connectivity index (χ1v) is 9.30. The molecule has 1 aromatic carbocycles. The molecule has 0 aliphatic carbocycles. The van der Waals surface area contributed by atoms with Crippen LogP contribution in [0.25, 0.3) is 5.69 Å². The van der Waals surface area contributed by atoms with Crippen molar-refractivity contribution in [3.63, 3.8) is 0 Å². The molecule has 6 nitrogen and oxygen atoms in total. The second kappa shape index (κ2) is 11.3. The molecule has 0 atom stereocenters. The van der Waals surface area contributed by atoms with E-state index < -0.39 is 0 Å². The number of nitrogens with one attached hydrogen (secondary N) is 2. The molecule has 6 heteroatoms. The monoisotopic (exact) mass is 357 g/mol. The van der Waals surface area contributed by atoms with Gasteiger partial charge in [0.15, 0.2) is 5.96 Å². The van der Waals surface area contributed by atoms with Crippen LogP contribution < -0.4 is 10.6 Å². The first-order valence-electron chi connectivity index (χ1n) is 9.30. The molecule has 0 unspecified atom stereocenters. The Morgan fingerprint density at radius 1 is 1.15 bits per heavy atom. The number of para-hydroxylation sites is 1. The zero-order valence-corrected chi connectivity index (χ0v) is 16.1. The summed E-state index contributed by atoms with van der Waals surface area (Å²) in [5, 5.41) is 11.0. The zero-order valence-electron chi connectivity index (χ0n) is 16.1. The van der Waals surface area contributed by atoms with E-state index >= 15 is 0 Å². The maximum Gasteiger partial charge on any atom is 0.191 e. The highest BCUT2D eigenvalue weighted by Gasteiger charge is 2.02. The molecule has 1 heterocycles. The molecule has 2 aromatic rings. The van der Waals surface area contributed by atoms with Crippen molar-refractivity contribution >= 4 is 5.96 Å². The van der Waals surface area contributed by atoms with Crippen molar-refractivity contribution in [2.24, 2.45) is 10.9 Å². The Labute approximate surface area is 156 Å². The lowest BCUT2D eigenvalue weighted by molar-refractivity contribution is 0.128. The number of aliphatic imine (C=N–C) groups is 1. The number of benzene rings is 1. The van der Waals surface area contributed by atoms with Gasteiger partial charge in [-0.2, -0.15) is 5.10 Å². The fraction of sp³-hybridized carbons (Fsp3) is 0.500. The van der Waals surface area contributed by atoms with Gasteiger partial charge in [-0.05, 0) is 36.5 Å². The van der Waals surface area contributed by atoms with Crippen molar-refractivity contribution in [3.05, 3.63) is 48.3 Å². The van der Waals surface area contributed by atoms with Crippen LogP contribution in [-0.4, -0.2) is 49.1 Å². The van der Waals surface area contributed by atoms with Gasteiger partial charge >= 0.3 is 0 Å². The van der Waals surface area contributed by atoms with E-state index in [1.165, 1.54) is 5.56 Å². The van der Waals surface area contributed by atoms with Gasteiger partial charge in [-0.3, -0.25) is 4.99 Å². The number of aromatic nitrogens is 2. The van der Waals surface area contributed by atoms with Crippen molar-refractivity contribution in [1.29, 1.82) is 0 Å². The minimum atomic E-state index is 0.684. The van der Waals surface area contributed by atoms with E-state index in [0.29, 0.717) is 12.5 Å². The molecule has 0 aliphatic heterocycles. The van der Waals surface area contributed by atoms with Gasteiger partial charge < -0.3 is 15.4 Å². The molecule has 0 bridgehead atoms. The quantitative estimate of drug-likeness (QED) is 0.390. The summed E-state index contributed by atoms with van der Waals surface area (Å²) < 4.78 is 7.50. The Morgan fingerprint density at radius 2 is 1.92 bits per heavy atom. The molecule has 0 saturated carbocycles. The second-order valence-corrected chi connectivity index (χ2v) is 6.60. The lowest BCUT2D eigenvalue weighted by Crippen LogP contribution is -2.39. The number of nitrogens with zero attached hydrogens (tertiary/aromatic N) is 3. The van der Waals surface area contributed by atoms with Crippen LogP contribution in [0.4, 0.5) is 0 Å². The first kappa shape index (κ1) is 20.0. The summed E-state index contributed by atoms with van der Waals surface area (Å²) >= 11 is 0. The molecule has 26 heavy (non-hydrogen) atoms. The van der Waals surface area contributed by atoms with Crippen LogP contribution in [0.3, 0.4) is 0 Å². The summed E-state index contributed by atoms with van der Waals surface area (Å²) in [6, 6.07) is 10.1. The largest absolute Gasteiger partial charge is 0.380 e. The van der Waals surface area contributed by atoms with Gasteiger partial charge in [-0.25, -0.2) is 4.68 Å². The summed E-state index contributed by atoms with van der Waals surface area (Å²) in [7, 11) is 1.78. The Balaban J connectivity index is 1.64. The summed E-state index contributed by atoms with van der Waals surface area (Å²) in [4.78, 5) is 4.24. The van der Waals surface area contributed by atoms with E-state index in [4.69, 9.17) is 4.74 Å². The summed E-state index contributed by atoms with van der Waals surface area (Å²) in [6.07, 6.45) is 5.96. The third-order valence-electron chi connectivity index (χ3n) is 3.96. The van der Waals surface area contributed by atoms with Gasteiger partial charge in [-0.15, -0.1) is 0 Å². The Kier molecular flexibility index (Phi) is 8.69. The lowest BCUT2D eigenvalue weighted by atomic mass is 10.1. The molecule has 1 aromatic heterocycles. The van der Waals surface area contributed by atoms with Crippen LogP contribution in [0.2, 0.25) is 0 Å². The third-order valence-corrected chi connectivity index (χ3v) is 3.96. The average molecular weight is 358 g/mol. The van der Waals surface area contributed by atoms with Gasteiger partial charge in [0.25, 0.3) is 0 Å². The highest BCUT2D eigenvalue weighted by molar-refractivity contribution is 5.79. The van der Waals surface area contributed by atoms with Crippen LogP contribution in [0.15, 0.2) is 47.7 Å². The van der Waals surface area contributed by atoms with Crippen molar-refractivity contribution in [2.45, 2.75) is 26.7 Å². The molecule has 0 amide bonds. The number of rotatable bonds is 10. The van der Waals surface area contributed by atoms with Crippen LogP contribution in [0.5, 0.6) is 0 Å². The van der Waals surface area contributed by atoms with Gasteiger partial charge in [0.05, 0.1) is 18.5 Å². The Morgan fingerprint density at radius 3 is 2.65 bits per heavy atom. The summed E-state index contributed by atoms with van der Waals surface area (Å²) in [6.45, 7) is 7.47. The smallest absolute Gasteiger partial charge is 0.191 e. The molecular formula is C20H31N5O. The van der Waals surface area contributed by atoms with E-state index in [-0.39, 0.29) is 0 Å². The van der Waals surface area contributed by atoms with Crippen molar-refractivity contribution in [3.8, 4) is 5.69 Å². The second-order valence-electron chi connectivity index (χ2n) is 6.60. The Hall–Kier alpha value is -2.34. The van der Waals surface area contributed by atoms with Crippen molar-refractivity contribution < 1.29 is 4.74 Å². The highest BCUT2D eigenvalue weighted by atomic mass is 16.5.